The first kappa shape index (κ1) is 18.0. The summed E-state index contributed by atoms with van der Waals surface area (Å²) in [5.41, 5.74) is 0.531. The minimum Gasteiger partial charge on any atom is -0.492 e. The van der Waals surface area contributed by atoms with E-state index in [4.69, 9.17) is 21.1 Å². The van der Waals surface area contributed by atoms with E-state index in [1.54, 1.807) is 25.3 Å². The molecule has 1 heterocycles. The Morgan fingerprint density at radius 3 is 2.78 bits per heavy atom. The Kier molecular flexibility index (Phi) is 6.69. The number of rotatable bonds is 7. The van der Waals surface area contributed by atoms with Crippen molar-refractivity contribution in [2.75, 3.05) is 33.4 Å². The number of ether oxygens (including phenoxy) is 2. The van der Waals surface area contributed by atoms with Crippen LogP contribution in [0.5, 0.6) is 5.75 Å². The minimum absolute atomic E-state index is 0.0118. The molecule has 5 nitrogen and oxygen atoms in total. The average Bonchev–Trinajstić information content (AvgIpc) is 2.95. The van der Waals surface area contributed by atoms with Gasteiger partial charge >= 0.3 is 0 Å². The zero-order valence-corrected chi connectivity index (χ0v) is 14.7. The summed E-state index contributed by atoms with van der Waals surface area (Å²) in [4.78, 5) is 14.7. The van der Waals surface area contributed by atoms with Gasteiger partial charge in [-0.2, -0.15) is 0 Å². The van der Waals surface area contributed by atoms with Crippen LogP contribution in [0.4, 0.5) is 0 Å². The molecular formula is C17H25ClN2O3. The smallest absolute Gasteiger partial charge is 0.251 e. The SMILES string of the molecule is CCCOc1ccc(C(=O)N[C@H]2CN(CC)C[C@@H]2OC)cc1Cl. The molecule has 0 spiro atoms. The van der Waals surface area contributed by atoms with E-state index in [0.717, 1.165) is 26.1 Å². The first-order valence-corrected chi connectivity index (χ1v) is 8.45. The molecule has 1 aromatic carbocycles. The number of amides is 1. The van der Waals surface area contributed by atoms with Gasteiger partial charge < -0.3 is 14.8 Å². The number of hydrogen-bond donors (Lipinski definition) is 1. The fourth-order valence-electron chi connectivity index (χ4n) is 2.71. The molecule has 0 bridgehead atoms. The second-order valence-corrected chi connectivity index (χ2v) is 6.11. The van der Waals surface area contributed by atoms with Gasteiger partial charge in [-0.3, -0.25) is 9.69 Å². The molecule has 2 rings (SSSR count). The molecule has 128 valence electrons. The topological polar surface area (TPSA) is 50.8 Å². The Balaban J connectivity index is 2.01. The number of benzene rings is 1. The van der Waals surface area contributed by atoms with Crippen LogP contribution in [0.15, 0.2) is 18.2 Å². The third kappa shape index (κ3) is 4.59. The van der Waals surface area contributed by atoms with E-state index in [2.05, 4.69) is 17.1 Å². The predicted octanol–water partition coefficient (Wildman–Crippen LogP) is 2.58. The zero-order chi connectivity index (χ0) is 16.8. The summed E-state index contributed by atoms with van der Waals surface area (Å²) < 4.78 is 11.0. The summed E-state index contributed by atoms with van der Waals surface area (Å²) in [5, 5.41) is 3.50. The van der Waals surface area contributed by atoms with Crippen molar-refractivity contribution < 1.29 is 14.3 Å². The number of likely N-dealkylation sites (N-methyl/N-ethyl adjacent to an activating group) is 1. The maximum absolute atomic E-state index is 12.5. The highest BCUT2D eigenvalue weighted by atomic mass is 35.5. The number of methoxy groups -OCH3 is 1. The lowest BCUT2D eigenvalue weighted by Crippen LogP contribution is -2.43. The lowest BCUT2D eigenvalue weighted by molar-refractivity contribution is 0.0762. The molecule has 1 N–H and O–H groups in total. The van der Waals surface area contributed by atoms with Crippen LogP contribution in [-0.4, -0.2) is 56.3 Å². The van der Waals surface area contributed by atoms with E-state index >= 15 is 0 Å². The lowest BCUT2D eigenvalue weighted by Gasteiger charge is -2.18. The number of nitrogens with zero attached hydrogens (tertiary/aromatic N) is 1. The van der Waals surface area contributed by atoms with Crippen molar-refractivity contribution in [3.63, 3.8) is 0 Å². The highest BCUT2D eigenvalue weighted by molar-refractivity contribution is 6.32. The monoisotopic (exact) mass is 340 g/mol. The van der Waals surface area contributed by atoms with Crippen LogP contribution < -0.4 is 10.1 Å². The Bertz CT molecular complexity index is 539. The summed E-state index contributed by atoms with van der Waals surface area (Å²) in [6.07, 6.45) is 0.925. The van der Waals surface area contributed by atoms with E-state index in [9.17, 15) is 4.79 Å². The number of carbonyl (C=O) groups is 1. The molecule has 0 aliphatic carbocycles. The van der Waals surface area contributed by atoms with Crippen LogP contribution in [0.25, 0.3) is 0 Å². The average molecular weight is 341 g/mol. The van der Waals surface area contributed by atoms with E-state index in [1.165, 1.54) is 0 Å². The van der Waals surface area contributed by atoms with Crippen LogP contribution >= 0.6 is 11.6 Å². The molecule has 2 atom stereocenters. The number of halogens is 1. The Morgan fingerprint density at radius 1 is 1.39 bits per heavy atom. The first-order valence-electron chi connectivity index (χ1n) is 8.07. The molecular weight excluding hydrogens is 316 g/mol. The van der Waals surface area contributed by atoms with Gasteiger partial charge in [0.15, 0.2) is 0 Å². The molecule has 1 amide bonds. The van der Waals surface area contributed by atoms with E-state index < -0.39 is 0 Å². The maximum Gasteiger partial charge on any atom is 0.251 e. The van der Waals surface area contributed by atoms with E-state index in [1.807, 2.05) is 6.92 Å². The summed E-state index contributed by atoms with van der Waals surface area (Å²) in [7, 11) is 1.68. The van der Waals surface area contributed by atoms with Gasteiger partial charge in [-0.25, -0.2) is 0 Å². The zero-order valence-electron chi connectivity index (χ0n) is 14.0. The van der Waals surface area contributed by atoms with Crippen LogP contribution in [0.2, 0.25) is 5.02 Å². The van der Waals surface area contributed by atoms with E-state index in [0.29, 0.717) is 22.9 Å². The second-order valence-electron chi connectivity index (χ2n) is 5.70. The highest BCUT2D eigenvalue weighted by Gasteiger charge is 2.33. The van der Waals surface area contributed by atoms with Crippen molar-refractivity contribution in [3.8, 4) is 5.75 Å². The molecule has 1 aromatic rings. The van der Waals surface area contributed by atoms with Gasteiger partial charge in [-0.1, -0.05) is 25.4 Å². The summed E-state index contributed by atoms with van der Waals surface area (Å²) in [6, 6.07) is 5.12. The third-order valence-corrected chi connectivity index (χ3v) is 4.36. The van der Waals surface area contributed by atoms with Gasteiger partial charge in [0, 0.05) is 25.8 Å². The predicted molar refractivity (Wildman–Crippen MR) is 91.4 cm³/mol. The summed E-state index contributed by atoms with van der Waals surface area (Å²) in [6.45, 7) is 7.32. The fourth-order valence-corrected chi connectivity index (χ4v) is 2.95. The number of carbonyl (C=O) groups excluding carboxylic acids is 1. The minimum atomic E-state index is -0.140. The van der Waals surface area contributed by atoms with Gasteiger partial charge in [0.2, 0.25) is 0 Å². The number of nitrogens with one attached hydrogen (secondary N) is 1. The van der Waals surface area contributed by atoms with Gasteiger partial charge in [-0.15, -0.1) is 0 Å². The van der Waals surface area contributed by atoms with Crippen molar-refractivity contribution in [2.24, 2.45) is 0 Å². The molecule has 23 heavy (non-hydrogen) atoms. The fraction of sp³-hybridized carbons (Fsp3) is 0.588. The van der Waals surface area contributed by atoms with Crippen molar-refractivity contribution in [2.45, 2.75) is 32.4 Å². The lowest BCUT2D eigenvalue weighted by atomic mass is 10.1. The molecule has 1 saturated heterocycles. The Hall–Kier alpha value is -1.30. The normalized spacial score (nSPS) is 21.4. The standard InChI is InChI=1S/C17H25ClN2O3/c1-4-8-23-15-7-6-12(9-13(15)18)17(21)19-14-10-20(5-2)11-16(14)22-3/h6-7,9,14,16H,4-5,8,10-11H2,1-3H3,(H,19,21)/t14-,16-/m0/s1. The molecule has 1 aliphatic rings. The number of likely N-dealkylation sites (tertiary alicyclic amines) is 1. The molecule has 0 radical (unpaired) electrons. The van der Waals surface area contributed by atoms with Crippen LogP contribution in [0, 0.1) is 0 Å². The molecule has 0 aromatic heterocycles. The molecule has 1 fully saturated rings. The maximum atomic E-state index is 12.5. The van der Waals surface area contributed by atoms with Crippen molar-refractivity contribution >= 4 is 17.5 Å². The van der Waals surface area contributed by atoms with Crippen LogP contribution in [0.3, 0.4) is 0 Å². The summed E-state index contributed by atoms with van der Waals surface area (Å²) in [5.74, 6) is 0.469. The van der Waals surface area contributed by atoms with Gasteiger partial charge in [0.05, 0.1) is 23.8 Å². The van der Waals surface area contributed by atoms with Crippen molar-refractivity contribution in [1.82, 2.24) is 10.2 Å². The molecule has 1 aliphatic heterocycles. The highest BCUT2D eigenvalue weighted by Crippen LogP contribution is 2.26. The Labute approximate surface area is 142 Å². The third-order valence-electron chi connectivity index (χ3n) is 4.06. The van der Waals surface area contributed by atoms with Crippen LogP contribution in [-0.2, 0) is 4.74 Å². The van der Waals surface area contributed by atoms with Gasteiger partial charge in [0.25, 0.3) is 5.91 Å². The molecule has 0 saturated carbocycles. The first-order chi connectivity index (χ1) is 11.1. The van der Waals surface area contributed by atoms with Crippen molar-refractivity contribution in [1.29, 1.82) is 0 Å². The molecule has 0 unspecified atom stereocenters. The van der Waals surface area contributed by atoms with Gasteiger partial charge in [0.1, 0.15) is 5.75 Å². The quantitative estimate of drug-likeness (QED) is 0.829. The van der Waals surface area contributed by atoms with Crippen molar-refractivity contribution in [3.05, 3.63) is 28.8 Å². The van der Waals surface area contributed by atoms with E-state index in [-0.39, 0.29) is 18.1 Å². The van der Waals surface area contributed by atoms with Crippen LogP contribution in [0.1, 0.15) is 30.6 Å². The Morgan fingerprint density at radius 2 is 2.17 bits per heavy atom. The summed E-state index contributed by atoms with van der Waals surface area (Å²) >= 11 is 6.19. The second kappa shape index (κ2) is 8.52. The van der Waals surface area contributed by atoms with Gasteiger partial charge in [-0.05, 0) is 31.2 Å². The largest absolute Gasteiger partial charge is 0.492 e. The number of hydrogen-bond acceptors (Lipinski definition) is 4. The molecule has 6 heteroatoms.